The molecule has 1 aromatic rings. The predicted octanol–water partition coefficient (Wildman–Crippen LogP) is 3.36. The van der Waals surface area contributed by atoms with Crippen LogP contribution in [0.1, 0.15) is 25.0 Å². The Morgan fingerprint density at radius 2 is 1.92 bits per heavy atom. The van der Waals surface area contributed by atoms with E-state index >= 15 is 0 Å². The first-order valence-electron chi connectivity index (χ1n) is 6.89. The number of amides is 3. The van der Waals surface area contributed by atoms with Crippen LogP contribution in [0.25, 0.3) is 0 Å². The van der Waals surface area contributed by atoms with Crippen LogP contribution in [0.4, 0.5) is 23.7 Å². The molecule has 9 heteroatoms. The van der Waals surface area contributed by atoms with Crippen LogP contribution < -0.4 is 4.90 Å². The maximum atomic E-state index is 13.4. The van der Waals surface area contributed by atoms with Crippen LogP contribution in [-0.4, -0.2) is 34.8 Å². The zero-order valence-electron chi connectivity index (χ0n) is 12.8. The van der Waals surface area contributed by atoms with Gasteiger partial charge in [0.05, 0.1) is 22.9 Å². The number of carbonyl (C=O) groups excluding carboxylic acids is 2. The molecule has 0 bridgehead atoms. The molecule has 1 heterocycles. The summed E-state index contributed by atoms with van der Waals surface area (Å²) in [5, 5.41) is 8.95. The molecule has 0 radical (unpaired) electrons. The highest BCUT2D eigenvalue weighted by atomic mass is 35.5. The van der Waals surface area contributed by atoms with Gasteiger partial charge in [-0.25, -0.2) is 9.69 Å². The molecule has 128 valence electrons. The number of nitrogens with zero attached hydrogens (tertiary/aromatic N) is 3. The Labute approximate surface area is 141 Å². The molecular formula is C15H13ClF3N3O2. The molecule has 24 heavy (non-hydrogen) atoms. The average molecular weight is 360 g/mol. The van der Waals surface area contributed by atoms with Gasteiger partial charge < -0.3 is 4.90 Å². The second kappa shape index (κ2) is 5.98. The highest BCUT2D eigenvalue weighted by Crippen LogP contribution is 2.42. The monoisotopic (exact) mass is 359 g/mol. The predicted molar refractivity (Wildman–Crippen MR) is 80.5 cm³/mol. The summed E-state index contributed by atoms with van der Waals surface area (Å²) in [6.07, 6.45) is -4.90. The molecule has 1 aromatic carbocycles. The maximum absolute atomic E-state index is 13.4. The topological polar surface area (TPSA) is 64.4 Å². The number of halogens is 4. The van der Waals surface area contributed by atoms with Crippen LogP contribution in [0.3, 0.4) is 0 Å². The lowest BCUT2D eigenvalue weighted by molar-refractivity contribution is -0.137. The van der Waals surface area contributed by atoms with Crippen LogP contribution in [0.15, 0.2) is 18.2 Å². The number of anilines is 1. The van der Waals surface area contributed by atoms with E-state index < -0.39 is 40.5 Å². The molecule has 1 saturated heterocycles. The molecule has 3 amide bonds. The van der Waals surface area contributed by atoms with E-state index in [2.05, 4.69) is 0 Å². The molecule has 1 fully saturated rings. The fourth-order valence-corrected chi connectivity index (χ4v) is 2.79. The van der Waals surface area contributed by atoms with E-state index in [-0.39, 0.29) is 12.4 Å². The Morgan fingerprint density at radius 3 is 2.42 bits per heavy atom. The van der Waals surface area contributed by atoms with Crippen molar-refractivity contribution in [2.45, 2.75) is 25.6 Å². The van der Waals surface area contributed by atoms with Crippen molar-refractivity contribution in [3.05, 3.63) is 29.3 Å². The van der Waals surface area contributed by atoms with Crippen molar-refractivity contribution < 1.29 is 22.8 Å². The average Bonchev–Trinajstić information content (AvgIpc) is 2.66. The fraction of sp³-hybridized carbons (Fsp3) is 0.400. The third-order valence-electron chi connectivity index (χ3n) is 3.82. The van der Waals surface area contributed by atoms with Gasteiger partial charge in [0.15, 0.2) is 0 Å². The van der Waals surface area contributed by atoms with E-state index in [0.29, 0.717) is 4.90 Å². The normalized spacial score (nSPS) is 17.4. The number of rotatable bonds is 3. The van der Waals surface area contributed by atoms with Crippen LogP contribution in [0.2, 0.25) is 0 Å². The first-order valence-corrected chi connectivity index (χ1v) is 7.43. The standard InChI is InChI=1S/C15H13ClF3N3O2/c1-14(2)12(23)22(13(24)21(14)7-6-16)10-5-3-4-9(8-20)11(10)15(17,18)19/h3-5H,6-7H2,1-2H3. The van der Waals surface area contributed by atoms with E-state index in [0.717, 1.165) is 17.0 Å². The van der Waals surface area contributed by atoms with Crippen molar-refractivity contribution in [3.8, 4) is 6.07 Å². The third-order valence-corrected chi connectivity index (χ3v) is 3.99. The van der Waals surface area contributed by atoms with Gasteiger partial charge in [0, 0.05) is 12.4 Å². The quantitative estimate of drug-likeness (QED) is 0.614. The molecule has 0 atom stereocenters. The van der Waals surface area contributed by atoms with Crippen LogP contribution >= 0.6 is 11.6 Å². The Hall–Kier alpha value is -2.27. The van der Waals surface area contributed by atoms with Gasteiger partial charge >= 0.3 is 12.2 Å². The number of nitriles is 1. The molecule has 5 nitrogen and oxygen atoms in total. The largest absolute Gasteiger partial charge is 0.419 e. The van der Waals surface area contributed by atoms with Gasteiger partial charge in [0.25, 0.3) is 5.91 Å². The second-order valence-corrected chi connectivity index (χ2v) is 6.01. The Bertz CT molecular complexity index is 740. The minimum absolute atomic E-state index is 0.00885. The summed E-state index contributed by atoms with van der Waals surface area (Å²) in [7, 11) is 0. The van der Waals surface area contributed by atoms with Crippen molar-refractivity contribution in [2.75, 3.05) is 17.3 Å². The number of benzene rings is 1. The van der Waals surface area contributed by atoms with E-state index in [4.69, 9.17) is 16.9 Å². The minimum atomic E-state index is -4.90. The smallest absolute Gasteiger partial charge is 0.309 e. The SMILES string of the molecule is CC1(C)C(=O)N(c2cccc(C#N)c2C(F)(F)F)C(=O)N1CCCl. The first-order chi connectivity index (χ1) is 11.1. The van der Waals surface area contributed by atoms with E-state index in [1.807, 2.05) is 0 Å². The maximum Gasteiger partial charge on any atom is 0.419 e. The summed E-state index contributed by atoms with van der Waals surface area (Å²) in [6, 6.07) is 3.73. The lowest BCUT2D eigenvalue weighted by atomic mass is 10.0. The van der Waals surface area contributed by atoms with Crippen LogP contribution in [0.5, 0.6) is 0 Å². The van der Waals surface area contributed by atoms with Crippen molar-refractivity contribution in [3.63, 3.8) is 0 Å². The Morgan fingerprint density at radius 1 is 1.29 bits per heavy atom. The lowest BCUT2D eigenvalue weighted by Crippen LogP contribution is -2.45. The van der Waals surface area contributed by atoms with Gasteiger partial charge in [-0.3, -0.25) is 4.79 Å². The van der Waals surface area contributed by atoms with Gasteiger partial charge in [0.1, 0.15) is 5.54 Å². The van der Waals surface area contributed by atoms with E-state index in [1.165, 1.54) is 26.0 Å². The van der Waals surface area contributed by atoms with Crippen molar-refractivity contribution in [1.82, 2.24) is 4.90 Å². The summed E-state index contributed by atoms with van der Waals surface area (Å²) in [5.74, 6) is -0.779. The first kappa shape index (κ1) is 18.1. The molecule has 0 saturated carbocycles. The van der Waals surface area contributed by atoms with Crippen LogP contribution in [-0.2, 0) is 11.0 Å². The van der Waals surface area contributed by atoms with E-state index in [9.17, 15) is 22.8 Å². The molecule has 0 aliphatic carbocycles. The number of hydrogen-bond donors (Lipinski definition) is 0. The summed E-state index contributed by atoms with van der Waals surface area (Å²) in [6.45, 7) is 2.87. The Kier molecular flexibility index (Phi) is 4.50. The second-order valence-electron chi connectivity index (χ2n) is 5.63. The molecule has 2 rings (SSSR count). The van der Waals surface area contributed by atoms with Gasteiger partial charge in [-0.05, 0) is 26.0 Å². The number of carbonyl (C=O) groups is 2. The van der Waals surface area contributed by atoms with Crippen LogP contribution in [0, 0.1) is 11.3 Å². The molecule has 0 unspecified atom stereocenters. The number of urea groups is 1. The highest BCUT2D eigenvalue weighted by molar-refractivity contribution is 6.24. The molecule has 0 spiro atoms. The van der Waals surface area contributed by atoms with Crippen molar-refractivity contribution >= 4 is 29.2 Å². The number of imide groups is 1. The molecule has 1 aliphatic heterocycles. The molecular weight excluding hydrogens is 347 g/mol. The third kappa shape index (κ3) is 2.69. The summed E-state index contributed by atoms with van der Waals surface area (Å²) in [4.78, 5) is 26.7. The number of hydrogen-bond acceptors (Lipinski definition) is 3. The van der Waals surface area contributed by atoms with Gasteiger partial charge in [-0.15, -0.1) is 11.6 Å². The van der Waals surface area contributed by atoms with Gasteiger partial charge in [-0.2, -0.15) is 18.4 Å². The summed E-state index contributed by atoms with van der Waals surface area (Å²) < 4.78 is 40.2. The van der Waals surface area contributed by atoms with E-state index in [1.54, 1.807) is 0 Å². The van der Waals surface area contributed by atoms with Crippen molar-refractivity contribution in [1.29, 1.82) is 5.26 Å². The zero-order valence-corrected chi connectivity index (χ0v) is 13.6. The van der Waals surface area contributed by atoms with Gasteiger partial charge in [-0.1, -0.05) is 6.07 Å². The van der Waals surface area contributed by atoms with Crippen molar-refractivity contribution in [2.24, 2.45) is 0 Å². The molecule has 1 aliphatic rings. The Balaban J connectivity index is 2.68. The minimum Gasteiger partial charge on any atom is -0.309 e. The lowest BCUT2D eigenvalue weighted by Gasteiger charge is -2.26. The van der Waals surface area contributed by atoms with Gasteiger partial charge in [0.2, 0.25) is 0 Å². The highest BCUT2D eigenvalue weighted by Gasteiger charge is 2.53. The number of alkyl halides is 4. The molecule has 0 aromatic heterocycles. The molecule has 0 N–H and O–H groups in total. The summed E-state index contributed by atoms with van der Waals surface area (Å²) >= 11 is 5.62. The summed E-state index contributed by atoms with van der Waals surface area (Å²) in [5.41, 5.74) is -3.95. The fourth-order valence-electron chi connectivity index (χ4n) is 2.63. The zero-order chi connectivity index (χ0) is 18.3.